The number of aryl methyl sites for hydroxylation is 1. The van der Waals surface area contributed by atoms with Crippen LogP contribution in [0.3, 0.4) is 0 Å². The molecule has 4 aromatic rings. The molecule has 0 unspecified atom stereocenters. The van der Waals surface area contributed by atoms with Crippen molar-refractivity contribution in [2.45, 2.75) is 19.5 Å². The standard InChI is InChI=1S/C28H25ClN4O4/c1-36-23-13-22(14-24(15-23)37-2)30-28(35)20-5-3-18(4-6-20)17-32-26-16-25(19-7-9-21(29)10-8-19)31-33(26)12-11-27(32)34/h3-10,13-16H,11-12,17H2,1-2H3,(H,30,35). The van der Waals surface area contributed by atoms with Crippen molar-refractivity contribution < 1.29 is 19.1 Å². The molecule has 37 heavy (non-hydrogen) atoms. The number of nitrogens with one attached hydrogen (secondary N) is 1. The van der Waals surface area contributed by atoms with Crippen LogP contribution < -0.4 is 19.7 Å². The van der Waals surface area contributed by atoms with Crippen molar-refractivity contribution in [1.82, 2.24) is 9.78 Å². The molecule has 1 N–H and O–H groups in total. The van der Waals surface area contributed by atoms with Crippen molar-refractivity contribution in [2.75, 3.05) is 24.4 Å². The molecule has 0 aliphatic carbocycles. The molecule has 188 valence electrons. The van der Waals surface area contributed by atoms with E-state index in [2.05, 4.69) is 10.4 Å². The van der Waals surface area contributed by atoms with E-state index >= 15 is 0 Å². The van der Waals surface area contributed by atoms with Gasteiger partial charge in [0.25, 0.3) is 5.91 Å². The van der Waals surface area contributed by atoms with Gasteiger partial charge < -0.3 is 14.8 Å². The molecule has 0 radical (unpaired) electrons. The van der Waals surface area contributed by atoms with E-state index in [0.29, 0.717) is 47.3 Å². The Morgan fingerprint density at radius 2 is 1.65 bits per heavy atom. The number of amides is 2. The number of hydrogen-bond acceptors (Lipinski definition) is 5. The number of ether oxygens (including phenoxy) is 2. The second kappa shape index (κ2) is 10.4. The largest absolute Gasteiger partial charge is 0.497 e. The van der Waals surface area contributed by atoms with Crippen LogP contribution in [0.15, 0.2) is 72.8 Å². The smallest absolute Gasteiger partial charge is 0.255 e. The summed E-state index contributed by atoms with van der Waals surface area (Å²) in [4.78, 5) is 27.4. The van der Waals surface area contributed by atoms with Gasteiger partial charge in [-0.3, -0.25) is 14.5 Å². The zero-order valence-electron chi connectivity index (χ0n) is 20.4. The van der Waals surface area contributed by atoms with Gasteiger partial charge in [-0.25, -0.2) is 4.68 Å². The summed E-state index contributed by atoms with van der Waals surface area (Å²) >= 11 is 6.01. The summed E-state index contributed by atoms with van der Waals surface area (Å²) in [6.07, 6.45) is 0.374. The molecule has 0 bridgehead atoms. The first-order chi connectivity index (χ1) is 17.9. The van der Waals surface area contributed by atoms with Crippen LogP contribution in [0, 0.1) is 0 Å². The topological polar surface area (TPSA) is 85.7 Å². The Balaban J connectivity index is 1.31. The highest BCUT2D eigenvalue weighted by Gasteiger charge is 2.26. The molecule has 0 saturated carbocycles. The Morgan fingerprint density at radius 3 is 2.30 bits per heavy atom. The van der Waals surface area contributed by atoms with Crippen LogP contribution >= 0.6 is 11.6 Å². The van der Waals surface area contributed by atoms with E-state index in [1.807, 2.05) is 47.1 Å². The van der Waals surface area contributed by atoms with Gasteiger partial charge in [0.05, 0.1) is 33.0 Å². The lowest BCUT2D eigenvalue weighted by molar-refractivity contribution is -0.119. The van der Waals surface area contributed by atoms with Crippen molar-refractivity contribution in [3.63, 3.8) is 0 Å². The number of fused-ring (bicyclic) bond motifs is 1. The average Bonchev–Trinajstić information content (AvgIpc) is 3.35. The van der Waals surface area contributed by atoms with Crippen LogP contribution in [0.2, 0.25) is 5.02 Å². The summed E-state index contributed by atoms with van der Waals surface area (Å²) in [5, 5.41) is 8.21. The van der Waals surface area contributed by atoms with Gasteiger partial charge in [0.2, 0.25) is 5.91 Å². The summed E-state index contributed by atoms with van der Waals surface area (Å²) in [7, 11) is 3.11. The lowest BCUT2D eigenvalue weighted by Gasteiger charge is -2.27. The normalized spacial score (nSPS) is 12.7. The molecule has 8 nitrogen and oxygen atoms in total. The Kier molecular flexibility index (Phi) is 6.83. The number of rotatable bonds is 7. The molecule has 0 atom stereocenters. The van der Waals surface area contributed by atoms with E-state index in [9.17, 15) is 9.59 Å². The lowest BCUT2D eigenvalue weighted by Crippen LogP contribution is -2.36. The minimum atomic E-state index is -0.262. The number of nitrogens with zero attached hydrogens (tertiary/aromatic N) is 3. The third-order valence-electron chi connectivity index (χ3n) is 6.18. The van der Waals surface area contributed by atoms with Crippen LogP contribution in [0.1, 0.15) is 22.3 Å². The fourth-order valence-electron chi connectivity index (χ4n) is 4.21. The third kappa shape index (κ3) is 5.29. The Hall–Kier alpha value is -4.30. The second-order valence-electron chi connectivity index (χ2n) is 8.60. The van der Waals surface area contributed by atoms with E-state index in [1.54, 1.807) is 49.5 Å². The summed E-state index contributed by atoms with van der Waals surface area (Å²) < 4.78 is 12.4. The third-order valence-corrected chi connectivity index (χ3v) is 6.43. The quantitative estimate of drug-likeness (QED) is 0.355. The zero-order valence-corrected chi connectivity index (χ0v) is 21.2. The number of carbonyl (C=O) groups is 2. The van der Waals surface area contributed by atoms with Crippen LogP contribution in [-0.2, 0) is 17.9 Å². The fraction of sp³-hybridized carbons (Fsp3) is 0.179. The molecule has 9 heteroatoms. The maximum Gasteiger partial charge on any atom is 0.255 e. The van der Waals surface area contributed by atoms with E-state index < -0.39 is 0 Å². The van der Waals surface area contributed by atoms with Gasteiger partial charge in [-0.15, -0.1) is 0 Å². The van der Waals surface area contributed by atoms with Gasteiger partial charge in [0, 0.05) is 52.5 Å². The van der Waals surface area contributed by atoms with E-state index in [4.69, 9.17) is 21.1 Å². The van der Waals surface area contributed by atoms with E-state index in [1.165, 1.54) is 0 Å². The maximum absolute atomic E-state index is 12.8. The molecular formula is C28H25ClN4O4. The molecule has 0 saturated heterocycles. The van der Waals surface area contributed by atoms with Crippen LogP contribution in [-0.4, -0.2) is 35.8 Å². The predicted molar refractivity (Wildman–Crippen MR) is 142 cm³/mol. The summed E-state index contributed by atoms with van der Waals surface area (Å²) in [5.74, 6) is 1.67. The van der Waals surface area contributed by atoms with Crippen molar-refractivity contribution in [3.8, 4) is 22.8 Å². The molecule has 0 spiro atoms. The number of halogens is 1. The van der Waals surface area contributed by atoms with Gasteiger partial charge in [-0.1, -0.05) is 35.9 Å². The highest BCUT2D eigenvalue weighted by atomic mass is 35.5. The molecule has 1 aliphatic heterocycles. The van der Waals surface area contributed by atoms with Gasteiger partial charge in [0.15, 0.2) is 0 Å². The minimum Gasteiger partial charge on any atom is -0.497 e. The van der Waals surface area contributed by atoms with Crippen molar-refractivity contribution in [3.05, 3.63) is 88.9 Å². The minimum absolute atomic E-state index is 0.0313. The fourth-order valence-corrected chi connectivity index (χ4v) is 4.34. The first-order valence-electron chi connectivity index (χ1n) is 11.7. The number of carbonyl (C=O) groups excluding carboxylic acids is 2. The lowest BCUT2D eigenvalue weighted by atomic mass is 10.1. The number of methoxy groups -OCH3 is 2. The van der Waals surface area contributed by atoms with E-state index in [-0.39, 0.29) is 11.8 Å². The first-order valence-corrected chi connectivity index (χ1v) is 12.1. The Morgan fingerprint density at radius 1 is 0.973 bits per heavy atom. The number of aromatic nitrogens is 2. The van der Waals surface area contributed by atoms with Gasteiger partial charge in [0.1, 0.15) is 17.3 Å². The Bertz CT molecular complexity index is 1430. The van der Waals surface area contributed by atoms with Crippen LogP contribution in [0.4, 0.5) is 11.5 Å². The maximum atomic E-state index is 12.8. The second-order valence-corrected chi connectivity index (χ2v) is 9.04. The average molecular weight is 517 g/mol. The molecule has 2 heterocycles. The van der Waals surface area contributed by atoms with Crippen molar-refractivity contribution in [2.24, 2.45) is 0 Å². The molecule has 1 aromatic heterocycles. The number of benzene rings is 3. The summed E-state index contributed by atoms with van der Waals surface area (Å²) in [6, 6.07) is 21.7. The van der Waals surface area contributed by atoms with Crippen molar-refractivity contribution in [1.29, 1.82) is 0 Å². The molecule has 1 aliphatic rings. The molecular weight excluding hydrogens is 492 g/mol. The monoisotopic (exact) mass is 516 g/mol. The number of anilines is 2. The van der Waals surface area contributed by atoms with Gasteiger partial charge >= 0.3 is 0 Å². The first kappa shape index (κ1) is 24.4. The highest BCUT2D eigenvalue weighted by molar-refractivity contribution is 6.30. The highest BCUT2D eigenvalue weighted by Crippen LogP contribution is 2.30. The molecule has 2 amide bonds. The van der Waals surface area contributed by atoms with E-state index in [0.717, 1.165) is 22.6 Å². The molecule has 5 rings (SSSR count). The molecule has 3 aromatic carbocycles. The zero-order chi connectivity index (χ0) is 25.9. The van der Waals surface area contributed by atoms with Crippen LogP contribution in [0.25, 0.3) is 11.3 Å². The number of hydrogen-bond donors (Lipinski definition) is 1. The van der Waals surface area contributed by atoms with Gasteiger partial charge in [-0.2, -0.15) is 5.10 Å². The summed E-state index contributed by atoms with van der Waals surface area (Å²) in [5.41, 5.74) is 3.67. The Labute approximate surface area is 219 Å². The SMILES string of the molecule is COc1cc(NC(=O)c2ccc(CN3C(=O)CCn4nc(-c5ccc(Cl)cc5)cc43)cc2)cc(OC)c1. The molecule has 0 fully saturated rings. The van der Waals surface area contributed by atoms with Gasteiger partial charge in [-0.05, 0) is 29.8 Å². The van der Waals surface area contributed by atoms with Crippen molar-refractivity contribution >= 4 is 34.9 Å². The predicted octanol–water partition coefficient (Wildman–Crippen LogP) is 5.41. The van der Waals surface area contributed by atoms with Crippen LogP contribution in [0.5, 0.6) is 11.5 Å². The summed E-state index contributed by atoms with van der Waals surface area (Å²) in [6.45, 7) is 0.909.